The second kappa shape index (κ2) is 4.05. The van der Waals surface area contributed by atoms with Gasteiger partial charge in [-0.1, -0.05) is 33.6 Å². The number of ketones is 1. The van der Waals surface area contributed by atoms with Gasteiger partial charge in [0.2, 0.25) is 0 Å². The highest BCUT2D eigenvalue weighted by Gasteiger charge is 2.16. The van der Waals surface area contributed by atoms with Gasteiger partial charge in [-0.2, -0.15) is 0 Å². The van der Waals surface area contributed by atoms with Crippen molar-refractivity contribution in [2.75, 3.05) is 5.33 Å². The van der Waals surface area contributed by atoms with Gasteiger partial charge in [0.05, 0.1) is 5.56 Å². The number of alkyl halides is 1. The number of hydrogen-bond acceptors (Lipinski definition) is 0. The van der Waals surface area contributed by atoms with Crippen LogP contribution in [0.2, 0.25) is 0 Å². The summed E-state index contributed by atoms with van der Waals surface area (Å²) < 4.78 is 0. The third kappa shape index (κ3) is 2.19. The van der Waals surface area contributed by atoms with Crippen molar-refractivity contribution in [2.45, 2.75) is 20.8 Å². The minimum absolute atomic E-state index is 0.412. The molecule has 0 saturated carbocycles. The van der Waals surface area contributed by atoms with Crippen LogP contribution in [0.15, 0.2) is 12.1 Å². The summed E-state index contributed by atoms with van der Waals surface area (Å²) in [5.74, 6) is 0.412. The number of benzene rings is 1. The molecule has 0 aromatic heterocycles. The first-order valence-corrected chi connectivity index (χ1v) is 5.37. The summed E-state index contributed by atoms with van der Waals surface area (Å²) in [6.45, 7) is 6.11. The van der Waals surface area contributed by atoms with Gasteiger partial charge >= 0.3 is 5.78 Å². The number of hydrogen-bond donors (Lipinski definition) is 0. The maximum absolute atomic E-state index is 9.65. The molecule has 0 aliphatic carbocycles. The quantitative estimate of drug-likeness (QED) is 0.432. The molecule has 1 rings (SSSR count). The second-order valence-corrected chi connectivity index (χ2v) is 3.91. The summed E-state index contributed by atoms with van der Waals surface area (Å²) in [6, 6.07) is 4.17. The SMILES string of the molecule is Cc1cc(C)c(C(=[OH+])CBr)c(C)c1. The molecule has 0 saturated heterocycles. The van der Waals surface area contributed by atoms with E-state index in [2.05, 4.69) is 35.0 Å². The van der Waals surface area contributed by atoms with Crippen molar-refractivity contribution in [3.63, 3.8) is 0 Å². The zero-order valence-corrected chi connectivity index (χ0v) is 9.77. The molecule has 0 aliphatic heterocycles. The Balaban J connectivity index is 3.28. The van der Waals surface area contributed by atoms with E-state index in [4.69, 9.17) is 0 Å². The molecule has 0 aliphatic rings. The topological polar surface area (TPSA) is 21.4 Å². The Morgan fingerprint density at radius 3 is 2.08 bits per heavy atom. The van der Waals surface area contributed by atoms with Crippen LogP contribution >= 0.6 is 15.9 Å². The molecular weight excluding hydrogens is 228 g/mol. The molecule has 2 heteroatoms. The van der Waals surface area contributed by atoms with Gasteiger partial charge in [0, 0.05) is 0 Å². The number of carbonyl (C=O) groups excluding carboxylic acids is 1. The van der Waals surface area contributed by atoms with E-state index in [0.717, 1.165) is 16.7 Å². The molecule has 0 bridgehead atoms. The van der Waals surface area contributed by atoms with Crippen LogP contribution in [0.25, 0.3) is 0 Å². The molecule has 0 fully saturated rings. The fraction of sp³-hybridized carbons (Fsp3) is 0.364. The molecule has 1 aromatic rings. The van der Waals surface area contributed by atoms with Gasteiger partial charge in [-0.15, -0.1) is 0 Å². The van der Waals surface area contributed by atoms with Crippen LogP contribution in [0.1, 0.15) is 22.3 Å². The van der Waals surface area contributed by atoms with Gasteiger partial charge in [0.25, 0.3) is 0 Å². The van der Waals surface area contributed by atoms with E-state index in [-0.39, 0.29) is 0 Å². The van der Waals surface area contributed by atoms with Crippen LogP contribution in [-0.2, 0) is 0 Å². The van der Waals surface area contributed by atoms with Crippen LogP contribution in [0.4, 0.5) is 0 Å². The largest absolute Gasteiger partial charge is 0.334 e. The number of aryl methyl sites for hydroxylation is 3. The Morgan fingerprint density at radius 2 is 1.69 bits per heavy atom. The highest BCUT2D eigenvalue weighted by molar-refractivity contribution is 9.09. The standard InChI is InChI=1S/C11H13BrO/c1-7-4-8(2)11(9(3)5-7)10(13)6-12/h4-5H,6H2,1-3H3/p+1. The van der Waals surface area contributed by atoms with E-state index in [1.165, 1.54) is 5.56 Å². The van der Waals surface area contributed by atoms with Crippen molar-refractivity contribution in [1.82, 2.24) is 0 Å². The van der Waals surface area contributed by atoms with Gasteiger partial charge in [0.15, 0.2) is 0 Å². The monoisotopic (exact) mass is 241 g/mol. The van der Waals surface area contributed by atoms with Crippen molar-refractivity contribution in [3.05, 3.63) is 34.4 Å². The van der Waals surface area contributed by atoms with Crippen molar-refractivity contribution >= 4 is 21.7 Å². The van der Waals surface area contributed by atoms with Crippen LogP contribution in [-0.4, -0.2) is 15.9 Å². The Kier molecular flexibility index (Phi) is 3.26. The smallest absolute Gasteiger partial charge is 0.277 e. The molecule has 1 aromatic carbocycles. The lowest BCUT2D eigenvalue weighted by Gasteiger charge is -2.05. The molecule has 13 heavy (non-hydrogen) atoms. The maximum atomic E-state index is 9.65. The fourth-order valence-electron chi connectivity index (χ4n) is 1.70. The van der Waals surface area contributed by atoms with Crippen LogP contribution in [0.5, 0.6) is 0 Å². The van der Waals surface area contributed by atoms with Crippen molar-refractivity contribution < 1.29 is 4.79 Å². The molecule has 0 heterocycles. The second-order valence-electron chi connectivity index (χ2n) is 3.35. The summed E-state index contributed by atoms with van der Waals surface area (Å²) in [7, 11) is 0. The van der Waals surface area contributed by atoms with Gasteiger partial charge in [-0.3, -0.25) is 4.79 Å². The summed E-state index contributed by atoms with van der Waals surface area (Å²) >= 11 is 3.25. The predicted octanol–water partition coefficient (Wildman–Crippen LogP) is 2.90. The third-order valence-corrected chi connectivity index (χ3v) is 2.62. The summed E-state index contributed by atoms with van der Waals surface area (Å²) in [6.07, 6.45) is 0. The summed E-state index contributed by atoms with van der Waals surface area (Å²) in [5, 5.41) is 0.512. The first-order valence-electron chi connectivity index (χ1n) is 4.25. The molecule has 0 amide bonds. The van der Waals surface area contributed by atoms with Gasteiger partial charge in [-0.05, 0) is 31.9 Å². The zero-order valence-electron chi connectivity index (χ0n) is 8.19. The molecule has 0 unspecified atom stereocenters. The lowest BCUT2D eigenvalue weighted by Crippen LogP contribution is -2.07. The minimum atomic E-state index is 0.412. The molecule has 1 N–H and O–H groups in total. The Labute approximate surface area is 87.3 Å². The van der Waals surface area contributed by atoms with E-state index in [1.807, 2.05) is 13.8 Å². The minimum Gasteiger partial charge on any atom is -0.277 e. The average molecular weight is 242 g/mol. The van der Waals surface area contributed by atoms with Crippen molar-refractivity contribution in [3.8, 4) is 0 Å². The van der Waals surface area contributed by atoms with Crippen LogP contribution < -0.4 is 0 Å². The molecule has 0 radical (unpaired) electrons. The highest BCUT2D eigenvalue weighted by Crippen LogP contribution is 2.17. The zero-order chi connectivity index (χ0) is 10.0. The van der Waals surface area contributed by atoms with E-state index >= 15 is 0 Å². The average Bonchev–Trinajstić information content (AvgIpc) is 2.02. The van der Waals surface area contributed by atoms with E-state index in [0.29, 0.717) is 11.1 Å². The Bertz CT molecular complexity index is 319. The lowest BCUT2D eigenvalue weighted by atomic mass is 9.97. The highest BCUT2D eigenvalue weighted by atomic mass is 79.9. The summed E-state index contributed by atoms with van der Waals surface area (Å²) in [4.78, 5) is 9.65. The predicted molar refractivity (Wildman–Crippen MR) is 60.5 cm³/mol. The van der Waals surface area contributed by atoms with E-state index in [1.54, 1.807) is 0 Å². The normalized spacial score (nSPS) is 10.2. The maximum Gasteiger partial charge on any atom is 0.334 e. The van der Waals surface area contributed by atoms with E-state index in [9.17, 15) is 4.79 Å². The van der Waals surface area contributed by atoms with Crippen molar-refractivity contribution in [2.24, 2.45) is 0 Å². The first kappa shape index (κ1) is 10.5. The van der Waals surface area contributed by atoms with E-state index < -0.39 is 0 Å². The molecule has 0 atom stereocenters. The summed E-state index contributed by atoms with van der Waals surface area (Å²) in [5.41, 5.74) is 4.48. The Morgan fingerprint density at radius 1 is 1.23 bits per heavy atom. The van der Waals surface area contributed by atoms with Gasteiger partial charge in [0.1, 0.15) is 5.33 Å². The van der Waals surface area contributed by atoms with Crippen LogP contribution in [0.3, 0.4) is 0 Å². The molecular formula is C11H14BrO+. The molecule has 0 spiro atoms. The third-order valence-electron chi connectivity index (χ3n) is 2.09. The lowest BCUT2D eigenvalue weighted by molar-refractivity contribution is 0.675. The molecule has 70 valence electrons. The van der Waals surface area contributed by atoms with Crippen LogP contribution in [0, 0.1) is 20.8 Å². The number of rotatable bonds is 2. The van der Waals surface area contributed by atoms with Crippen molar-refractivity contribution in [1.29, 1.82) is 0 Å². The first-order chi connectivity index (χ1) is 6.06. The van der Waals surface area contributed by atoms with Gasteiger partial charge < -0.3 is 0 Å². The van der Waals surface area contributed by atoms with Gasteiger partial charge in [-0.25, -0.2) is 0 Å². The Hall–Kier alpha value is -0.630. The number of halogens is 1. The fourth-order valence-corrected chi connectivity index (χ4v) is 1.98. The molecule has 1 nitrogen and oxygen atoms in total.